The molecule has 0 saturated heterocycles. The molecule has 0 unspecified atom stereocenters. The van der Waals surface area contributed by atoms with Crippen molar-refractivity contribution in [2.45, 2.75) is 20.4 Å². The minimum atomic E-state index is 0.530. The molecule has 0 aliphatic rings. The number of ether oxygens (including phenoxy) is 1. The second-order valence-electron chi connectivity index (χ2n) is 5.82. The van der Waals surface area contributed by atoms with Gasteiger partial charge in [-0.2, -0.15) is 4.98 Å². The summed E-state index contributed by atoms with van der Waals surface area (Å²) in [5, 5.41) is 7.14. The van der Waals surface area contributed by atoms with Gasteiger partial charge in [-0.3, -0.25) is 4.98 Å². The van der Waals surface area contributed by atoms with Gasteiger partial charge in [-0.15, -0.1) is 0 Å². The molecular weight excluding hydrogens is 350 g/mol. The molecule has 0 aliphatic carbocycles. The van der Waals surface area contributed by atoms with Gasteiger partial charge < -0.3 is 15.4 Å². The van der Waals surface area contributed by atoms with Crippen LogP contribution in [0.25, 0.3) is 0 Å². The molecule has 3 rings (SSSR count). The first-order valence-corrected chi connectivity index (χ1v) is 8.53. The highest BCUT2D eigenvalue weighted by molar-refractivity contribution is 6.31. The monoisotopic (exact) mass is 369 g/mol. The standard InChI is InChI=1S/C19H20ClN5O/c1-12-8-16(17(26-3)10-15(12)20)24-18-9-13(2)23-19(25-18)22-11-14-6-4-5-7-21-14/h4-10H,11H2,1-3H3,(H2,22,23,24,25). The van der Waals surface area contributed by atoms with Gasteiger partial charge in [-0.25, -0.2) is 4.98 Å². The molecule has 2 aromatic heterocycles. The van der Waals surface area contributed by atoms with Crippen molar-refractivity contribution >= 4 is 29.1 Å². The Bertz CT molecular complexity index is 902. The number of nitrogens with one attached hydrogen (secondary N) is 2. The van der Waals surface area contributed by atoms with E-state index in [9.17, 15) is 0 Å². The number of halogens is 1. The highest BCUT2D eigenvalue weighted by Crippen LogP contribution is 2.32. The Hall–Kier alpha value is -2.86. The van der Waals surface area contributed by atoms with Crippen molar-refractivity contribution in [3.8, 4) is 5.75 Å². The Morgan fingerprint density at radius 2 is 1.96 bits per heavy atom. The van der Waals surface area contributed by atoms with Crippen LogP contribution >= 0.6 is 11.6 Å². The lowest BCUT2D eigenvalue weighted by atomic mass is 10.2. The van der Waals surface area contributed by atoms with Crippen molar-refractivity contribution < 1.29 is 4.74 Å². The van der Waals surface area contributed by atoms with Crippen LogP contribution in [-0.2, 0) is 6.54 Å². The van der Waals surface area contributed by atoms with Gasteiger partial charge in [-0.1, -0.05) is 17.7 Å². The lowest BCUT2D eigenvalue weighted by Gasteiger charge is -2.14. The van der Waals surface area contributed by atoms with Crippen LogP contribution in [-0.4, -0.2) is 22.1 Å². The van der Waals surface area contributed by atoms with Gasteiger partial charge >= 0.3 is 0 Å². The van der Waals surface area contributed by atoms with Crippen molar-refractivity contribution in [1.29, 1.82) is 0 Å². The third-order valence-electron chi connectivity index (χ3n) is 3.75. The molecule has 0 amide bonds. The number of aromatic nitrogens is 3. The molecule has 134 valence electrons. The first-order valence-electron chi connectivity index (χ1n) is 8.16. The van der Waals surface area contributed by atoms with Crippen molar-refractivity contribution in [2.24, 2.45) is 0 Å². The van der Waals surface area contributed by atoms with Crippen LogP contribution in [0.1, 0.15) is 17.0 Å². The number of anilines is 3. The molecule has 2 N–H and O–H groups in total. The van der Waals surface area contributed by atoms with Crippen LogP contribution in [0.15, 0.2) is 42.6 Å². The van der Waals surface area contributed by atoms with E-state index in [1.54, 1.807) is 19.4 Å². The Kier molecular flexibility index (Phi) is 5.53. The van der Waals surface area contributed by atoms with Gasteiger partial charge in [0.15, 0.2) is 0 Å². The van der Waals surface area contributed by atoms with Gasteiger partial charge in [0, 0.05) is 29.0 Å². The lowest BCUT2D eigenvalue weighted by molar-refractivity contribution is 0.416. The fraction of sp³-hybridized carbons (Fsp3) is 0.211. The Balaban J connectivity index is 1.81. The second kappa shape index (κ2) is 8.01. The normalized spacial score (nSPS) is 10.5. The summed E-state index contributed by atoms with van der Waals surface area (Å²) in [5.41, 5.74) is 3.51. The summed E-state index contributed by atoms with van der Waals surface area (Å²) >= 11 is 6.17. The van der Waals surface area contributed by atoms with Gasteiger partial charge in [-0.05, 0) is 37.6 Å². The predicted molar refractivity (Wildman–Crippen MR) is 104 cm³/mol. The Morgan fingerprint density at radius 3 is 2.69 bits per heavy atom. The maximum atomic E-state index is 6.17. The molecule has 3 aromatic rings. The number of hydrogen-bond acceptors (Lipinski definition) is 6. The van der Waals surface area contributed by atoms with E-state index in [1.165, 1.54) is 0 Å². The van der Waals surface area contributed by atoms with Crippen molar-refractivity contribution in [2.75, 3.05) is 17.7 Å². The van der Waals surface area contributed by atoms with E-state index in [0.717, 1.165) is 22.6 Å². The zero-order chi connectivity index (χ0) is 18.5. The summed E-state index contributed by atoms with van der Waals surface area (Å²) < 4.78 is 5.40. The Labute approximate surface area is 157 Å². The fourth-order valence-corrected chi connectivity index (χ4v) is 2.61. The van der Waals surface area contributed by atoms with Crippen LogP contribution in [0.3, 0.4) is 0 Å². The number of methoxy groups -OCH3 is 1. The van der Waals surface area contributed by atoms with Crippen molar-refractivity contribution in [3.05, 3.63) is 64.6 Å². The molecule has 0 bridgehead atoms. The van der Waals surface area contributed by atoms with E-state index in [0.29, 0.717) is 29.1 Å². The summed E-state index contributed by atoms with van der Waals surface area (Å²) in [6.07, 6.45) is 1.76. The first kappa shape index (κ1) is 17.9. The molecule has 1 aromatic carbocycles. The summed E-state index contributed by atoms with van der Waals surface area (Å²) in [6, 6.07) is 11.4. The number of nitrogens with zero attached hydrogens (tertiary/aromatic N) is 3. The van der Waals surface area contributed by atoms with Crippen LogP contribution in [0, 0.1) is 13.8 Å². The SMILES string of the molecule is COc1cc(Cl)c(C)cc1Nc1cc(C)nc(NCc2ccccn2)n1. The fourth-order valence-electron chi connectivity index (χ4n) is 2.45. The number of aryl methyl sites for hydroxylation is 2. The molecule has 6 nitrogen and oxygen atoms in total. The number of pyridine rings is 1. The first-order chi connectivity index (χ1) is 12.5. The van der Waals surface area contributed by atoms with Crippen molar-refractivity contribution in [1.82, 2.24) is 15.0 Å². The van der Waals surface area contributed by atoms with Gasteiger partial charge in [0.1, 0.15) is 11.6 Å². The van der Waals surface area contributed by atoms with Gasteiger partial charge in [0.25, 0.3) is 0 Å². The maximum absolute atomic E-state index is 6.17. The molecule has 0 radical (unpaired) electrons. The van der Waals surface area contributed by atoms with E-state index < -0.39 is 0 Å². The number of benzene rings is 1. The highest BCUT2D eigenvalue weighted by atomic mass is 35.5. The van der Waals surface area contributed by atoms with E-state index in [4.69, 9.17) is 16.3 Å². The van der Waals surface area contributed by atoms with E-state index >= 15 is 0 Å². The Morgan fingerprint density at radius 1 is 1.12 bits per heavy atom. The third-order valence-corrected chi connectivity index (χ3v) is 4.16. The molecule has 0 spiro atoms. The lowest BCUT2D eigenvalue weighted by Crippen LogP contribution is -2.07. The number of hydrogen-bond donors (Lipinski definition) is 2. The molecule has 0 atom stereocenters. The van der Waals surface area contributed by atoms with Crippen molar-refractivity contribution in [3.63, 3.8) is 0 Å². The largest absolute Gasteiger partial charge is 0.495 e. The average molecular weight is 370 g/mol. The van der Waals surface area contributed by atoms with Gasteiger partial charge in [0.2, 0.25) is 5.95 Å². The van der Waals surface area contributed by atoms with E-state index in [2.05, 4.69) is 25.6 Å². The van der Waals surface area contributed by atoms with Crippen LogP contribution in [0.2, 0.25) is 5.02 Å². The number of rotatable bonds is 6. The molecule has 2 heterocycles. The minimum Gasteiger partial charge on any atom is -0.495 e. The van der Waals surface area contributed by atoms with Crippen LogP contribution < -0.4 is 15.4 Å². The summed E-state index contributed by atoms with van der Waals surface area (Å²) in [6.45, 7) is 4.41. The molecule has 0 fully saturated rings. The molecular formula is C19H20ClN5O. The van der Waals surface area contributed by atoms with E-state index in [1.807, 2.05) is 44.2 Å². The zero-order valence-corrected chi connectivity index (χ0v) is 15.6. The summed E-state index contributed by atoms with van der Waals surface area (Å²) in [7, 11) is 1.61. The molecule has 26 heavy (non-hydrogen) atoms. The zero-order valence-electron chi connectivity index (χ0n) is 14.9. The van der Waals surface area contributed by atoms with Crippen LogP contribution in [0.5, 0.6) is 5.75 Å². The summed E-state index contributed by atoms with van der Waals surface area (Å²) in [4.78, 5) is 13.2. The maximum Gasteiger partial charge on any atom is 0.225 e. The van der Waals surface area contributed by atoms with Gasteiger partial charge in [0.05, 0.1) is 25.0 Å². The highest BCUT2D eigenvalue weighted by Gasteiger charge is 2.09. The van der Waals surface area contributed by atoms with E-state index in [-0.39, 0.29) is 0 Å². The molecule has 7 heteroatoms. The predicted octanol–water partition coefficient (Wildman–Crippen LogP) is 4.51. The quantitative estimate of drug-likeness (QED) is 0.666. The summed E-state index contributed by atoms with van der Waals surface area (Å²) in [5.74, 6) is 1.85. The average Bonchev–Trinajstić information content (AvgIpc) is 2.63. The van der Waals surface area contributed by atoms with Crippen LogP contribution in [0.4, 0.5) is 17.5 Å². The molecule has 0 aliphatic heterocycles. The minimum absolute atomic E-state index is 0.530. The smallest absolute Gasteiger partial charge is 0.225 e. The third kappa shape index (κ3) is 4.40. The topological polar surface area (TPSA) is 72.0 Å². The molecule has 0 saturated carbocycles. The second-order valence-corrected chi connectivity index (χ2v) is 6.23.